The highest BCUT2D eigenvalue weighted by molar-refractivity contribution is 9.10. The summed E-state index contributed by atoms with van der Waals surface area (Å²) in [6.45, 7) is 0. The van der Waals surface area contributed by atoms with Crippen LogP contribution < -0.4 is 0 Å². The fourth-order valence-electron chi connectivity index (χ4n) is 0.654. The first-order chi connectivity index (χ1) is 4.83. The molecule has 1 aromatic rings. The van der Waals surface area contributed by atoms with Gasteiger partial charge in [-0.25, -0.2) is 4.40 Å². The maximum Gasteiger partial charge on any atom is 0.0421 e. The lowest BCUT2D eigenvalue weighted by atomic mass is 10.2. The van der Waals surface area contributed by atoms with E-state index < -0.39 is 0 Å². The number of nitrogens with zero attached hydrogens (tertiary/aromatic N) is 1. The van der Waals surface area contributed by atoms with Crippen LogP contribution in [0.15, 0.2) is 33.1 Å². The van der Waals surface area contributed by atoms with E-state index in [1.807, 2.05) is 24.3 Å². The third-order valence-corrected chi connectivity index (χ3v) is 1.66. The van der Waals surface area contributed by atoms with Crippen LogP contribution in [0.5, 0.6) is 0 Å². The molecule has 0 bridgehead atoms. The van der Waals surface area contributed by atoms with Gasteiger partial charge in [0.1, 0.15) is 0 Å². The van der Waals surface area contributed by atoms with Crippen LogP contribution in [0, 0.1) is 0 Å². The van der Waals surface area contributed by atoms with E-state index in [0.717, 1.165) is 10.0 Å². The van der Waals surface area contributed by atoms with Gasteiger partial charge in [-0.2, -0.15) is 0 Å². The summed E-state index contributed by atoms with van der Waals surface area (Å²) >= 11 is 7.07. The van der Waals surface area contributed by atoms with Crippen molar-refractivity contribution in [1.82, 2.24) is 0 Å². The molecule has 52 valence electrons. The van der Waals surface area contributed by atoms with Crippen molar-refractivity contribution in [2.75, 3.05) is 0 Å². The average Bonchev–Trinajstić information content (AvgIpc) is 1.88. The molecule has 0 saturated carbocycles. The Bertz CT molecular complexity index is 247. The van der Waals surface area contributed by atoms with Crippen LogP contribution in [0.4, 0.5) is 0 Å². The fraction of sp³-hybridized carbons (Fsp3) is 0. The van der Waals surface area contributed by atoms with Crippen molar-refractivity contribution in [3.63, 3.8) is 0 Å². The summed E-state index contributed by atoms with van der Waals surface area (Å²) in [4.78, 5) is 0. The molecule has 0 heterocycles. The van der Waals surface area contributed by atoms with E-state index in [-0.39, 0.29) is 0 Å². The zero-order valence-corrected chi connectivity index (χ0v) is 7.64. The highest BCUT2D eigenvalue weighted by Gasteiger charge is 1.86. The largest absolute Gasteiger partial charge is 0.227 e. The Morgan fingerprint density at radius 3 is 2.90 bits per heavy atom. The molecule has 0 aliphatic carbocycles. The minimum absolute atomic E-state index is 1.05. The average molecular weight is 216 g/mol. The topological polar surface area (TPSA) is 12.4 Å². The maximum atomic E-state index is 3.72. The quantitative estimate of drug-likeness (QED) is 0.547. The van der Waals surface area contributed by atoms with Crippen LogP contribution in [0.3, 0.4) is 0 Å². The highest BCUT2D eigenvalue weighted by atomic mass is 79.9. The summed E-state index contributed by atoms with van der Waals surface area (Å²) in [6.07, 6.45) is 1.69. The smallest absolute Gasteiger partial charge is 0.0421 e. The number of thiol groups is 1. The molecule has 1 nitrogen and oxygen atoms in total. The van der Waals surface area contributed by atoms with Gasteiger partial charge in [-0.05, 0) is 30.5 Å². The summed E-state index contributed by atoms with van der Waals surface area (Å²) < 4.78 is 4.65. The molecule has 0 unspecified atom stereocenters. The standard InChI is InChI=1S/C7H6BrNS/c8-7-3-1-2-6(4-7)5-9-10/h1-5,10H/b9-5+. The van der Waals surface area contributed by atoms with Gasteiger partial charge in [0.05, 0.1) is 0 Å². The zero-order valence-electron chi connectivity index (χ0n) is 5.16. The zero-order chi connectivity index (χ0) is 7.40. The molecule has 0 amide bonds. The number of halogens is 1. The number of hydrogen-bond acceptors (Lipinski definition) is 2. The Labute approximate surface area is 73.8 Å². The van der Waals surface area contributed by atoms with Crippen LogP contribution in [0.1, 0.15) is 5.56 Å². The van der Waals surface area contributed by atoms with E-state index in [2.05, 4.69) is 33.1 Å². The molecule has 0 spiro atoms. The SMILES string of the molecule is S/N=C/c1cccc(Br)c1. The first-order valence-electron chi connectivity index (χ1n) is 2.76. The van der Waals surface area contributed by atoms with Gasteiger partial charge in [0.15, 0.2) is 0 Å². The number of rotatable bonds is 1. The third kappa shape index (κ3) is 2.15. The lowest BCUT2D eigenvalue weighted by Crippen LogP contribution is -1.76. The Morgan fingerprint density at radius 1 is 1.50 bits per heavy atom. The molecule has 0 N–H and O–H groups in total. The molecule has 1 rings (SSSR count). The molecule has 0 atom stereocenters. The Hall–Kier alpha value is -0.280. The van der Waals surface area contributed by atoms with Crippen molar-refractivity contribution in [1.29, 1.82) is 0 Å². The van der Waals surface area contributed by atoms with E-state index in [1.165, 1.54) is 0 Å². The van der Waals surface area contributed by atoms with Gasteiger partial charge in [0.2, 0.25) is 0 Å². The van der Waals surface area contributed by atoms with Crippen molar-refractivity contribution >= 4 is 35.0 Å². The van der Waals surface area contributed by atoms with Crippen LogP contribution in [0.2, 0.25) is 0 Å². The van der Waals surface area contributed by atoms with Gasteiger partial charge in [-0.1, -0.05) is 28.1 Å². The summed E-state index contributed by atoms with van der Waals surface area (Å²) in [5, 5.41) is 0. The molecule has 0 aromatic heterocycles. The van der Waals surface area contributed by atoms with Crippen LogP contribution in [0.25, 0.3) is 0 Å². The minimum atomic E-state index is 1.05. The number of hydrogen-bond donors (Lipinski definition) is 1. The molecule has 0 saturated heterocycles. The lowest BCUT2D eigenvalue weighted by Gasteiger charge is -1.90. The molecule has 0 radical (unpaired) electrons. The monoisotopic (exact) mass is 215 g/mol. The Morgan fingerprint density at radius 2 is 2.30 bits per heavy atom. The van der Waals surface area contributed by atoms with Gasteiger partial charge < -0.3 is 0 Å². The van der Waals surface area contributed by atoms with Crippen LogP contribution in [-0.4, -0.2) is 6.21 Å². The van der Waals surface area contributed by atoms with Gasteiger partial charge in [0, 0.05) is 10.7 Å². The molecule has 3 heteroatoms. The van der Waals surface area contributed by atoms with Gasteiger partial charge in [-0.3, -0.25) is 0 Å². The van der Waals surface area contributed by atoms with Crippen molar-refractivity contribution in [3.8, 4) is 0 Å². The second-order valence-electron chi connectivity index (χ2n) is 1.80. The summed E-state index contributed by atoms with van der Waals surface area (Å²) in [5.41, 5.74) is 1.05. The van der Waals surface area contributed by atoms with E-state index in [9.17, 15) is 0 Å². The van der Waals surface area contributed by atoms with E-state index in [0.29, 0.717) is 0 Å². The fourth-order valence-corrected chi connectivity index (χ4v) is 1.20. The molecule has 1 aromatic carbocycles. The second kappa shape index (κ2) is 3.78. The second-order valence-corrected chi connectivity index (χ2v) is 2.95. The normalized spacial score (nSPS) is 10.6. The van der Waals surface area contributed by atoms with Crippen molar-refractivity contribution < 1.29 is 0 Å². The van der Waals surface area contributed by atoms with E-state index in [4.69, 9.17) is 0 Å². The maximum absolute atomic E-state index is 3.72. The third-order valence-electron chi connectivity index (χ3n) is 1.06. The molecule has 10 heavy (non-hydrogen) atoms. The predicted octanol–water partition coefficient (Wildman–Crippen LogP) is 2.71. The van der Waals surface area contributed by atoms with Gasteiger partial charge in [-0.15, -0.1) is 0 Å². The van der Waals surface area contributed by atoms with Gasteiger partial charge in [0.25, 0.3) is 0 Å². The lowest BCUT2D eigenvalue weighted by molar-refractivity contribution is 1.62. The first kappa shape index (κ1) is 7.82. The Kier molecular flexibility index (Phi) is 2.96. The predicted molar refractivity (Wildman–Crippen MR) is 50.7 cm³/mol. The molecular formula is C7H6BrNS. The molecular weight excluding hydrogens is 210 g/mol. The summed E-state index contributed by atoms with van der Waals surface area (Å²) in [7, 11) is 0. The summed E-state index contributed by atoms with van der Waals surface area (Å²) in [5.74, 6) is 0. The van der Waals surface area contributed by atoms with Crippen molar-refractivity contribution in [2.45, 2.75) is 0 Å². The van der Waals surface area contributed by atoms with E-state index >= 15 is 0 Å². The molecule has 0 fully saturated rings. The summed E-state index contributed by atoms with van der Waals surface area (Å²) in [6, 6.07) is 7.86. The number of benzene rings is 1. The van der Waals surface area contributed by atoms with Crippen LogP contribution in [-0.2, 0) is 0 Å². The minimum Gasteiger partial charge on any atom is -0.227 e. The highest BCUT2D eigenvalue weighted by Crippen LogP contribution is 2.09. The van der Waals surface area contributed by atoms with E-state index in [1.54, 1.807) is 6.21 Å². The van der Waals surface area contributed by atoms with Gasteiger partial charge >= 0.3 is 0 Å². The molecule has 0 aliphatic heterocycles. The van der Waals surface area contributed by atoms with Crippen molar-refractivity contribution in [2.24, 2.45) is 4.40 Å². The first-order valence-corrected chi connectivity index (χ1v) is 3.95. The molecule has 0 aliphatic rings. The van der Waals surface area contributed by atoms with Crippen LogP contribution >= 0.6 is 28.7 Å². The van der Waals surface area contributed by atoms with Crippen molar-refractivity contribution in [3.05, 3.63) is 34.3 Å². The Balaban J connectivity index is 2.95.